The Morgan fingerprint density at radius 1 is 1.08 bits per heavy atom. The number of nitrogens with zero attached hydrogens (tertiary/aromatic N) is 2. The summed E-state index contributed by atoms with van der Waals surface area (Å²) in [4.78, 5) is 20.1. The van der Waals surface area contributed by atoms with Gasteiger partial charge in [-0.25, -0.2) is 4.98 Å². The van der Waals surface area contributed by atoms with Crippen molar-refractivity contribution in [2.45, 2.75) is 6.42 Å². The van der Waals surface area contributed by atoms with Crippen LogP contribution < -0.4 is 4.90 Å². The van der Waals surface area contributed by atoms with E-state index in [1.807, 2.05) is 53.4 Å². The lowest BCUT2D eigenvalue weighted by atomic mass is 10.2. The zero-order valence-electron chi connectivity index (χ0n) is 13.2. The molecule has 0 unspecified atom stereocenters. The molecule has 4 aromatic rings. The summed E-state index contributed by atoms with van der Waals surface area (Å²) in [6.07, 6.45) is 0.901. The number of amides is 1. The molecule has 5 heteroatoms. The number of anilines is 1. The van der Waals surface area contributed by atoms with Crippen LogP contribution in [0, 0.1) is 0 Å². The lowest BCUT2D eigenvalue weighted by Crippen LogP contribution is -2.28. The predicted octanol–water partition coefficient (Wildman–Crippen LogP) is 5.31. The van der Waals surface area contributed by atoms with Gasteiger partial charge < -0.3 is 4.90 Å². The SMILES string of the molecule is O=C(c1cc2c(Cl)nc3ccccc3c2s1)N1CCc2ccccc21. The van der Waals surface area contributed by atoms with E-state index in [0.29, 0.717) is 10.0 Å². The van der Waals surface area contributed by atoms with Crippen molar-refractivity contribution in [2.75, 3.05) is 11.4 Å². The highest BCUT2D eigenvalue weighted by Gasteiger charge is 2.27. The number of hydrogen-bond acceptors (Lipinski definition) is 3. The van der Waals surface area contributed by atoms with Crippen molar-refractivity contribution >= 4 is 55.5 Å². The van der Waals surface area contributed by atoms with Gasteiger partial charge in [-0.1, -0.05) is 48.0 Å². The van der Waals surface area contributed by atoms with Gasteiger partial charge in [0.2, 0.25) is 0 Å². The lowest BCUT2D eigenvalue weighted by Gasteiger charge is -2.15. The Morgan fingerprint density at radius 2 is 1.88 bits per heavy atom. The molecule has 1 aliphatic heterocycles. The maximum atomic E-state index is 13.1. The highest BCUT2D eigenvalue weighted by Crippen LogP contribution is 2.37. The summed E-state index contributed by atoms with van der Waals surface area (Å²) in [5, 5.41) is 2.33. The van der Waals surface area contributed by atoms with E-state index in [0.717, 1.165) is 39.6 Å². The van der Waals surface area contributed by atoms with Crippen molar-refractivity contribution in [2.24, 2.45) is 0 Å². The van der Waals surface area contributed by atoms with Crippen LogP contribution >= 0.6 is 22.9 Å². The molecule has 3 nitrogen and oxygen atoms in total. The van der Waals surface area contributed by atoms with Gasteiger partial charge in [0.15, 0.2) is 0 Å². The van der Waals surface area contributed by atoms with E-state index < -0.39 is 0 Å². The molecule has 1 amide bonds. The summed E-state index contributed by atoms with van der Waals surface area (Å²) in [7, 11) is 0. The van der Waals surface area contributed by atoms with Gasteiger partial charge in [0, 0.05) is 27.7 Å². The van der Waals surface area contributed by atoms with Crippen LogP contribution in [0.25, 0.3) is 21.0 Å². The van der Waals surface area contributed by atoms with Crippen molar-refractivity contribution in [3.05, 3.63) is 70.2 Å². The van der Waals surface area contributed by atoms with E-state index in [1.54, 1.807) is 0 Å². The Labute approximate surface area is 153 Å². The molecular formula is C20H13ClN2OS. The second-order valence-corrected chi connectivity index (χ2v) is 7.52. The van der Waals surface area contributed by atoms with Crippen molar-refractivity contribution < 1.29 is 4.79 Å². The van der Waals surface area contributed by atoms with Gasteiger partial charge in [0.1, 0.15) is 5.15 Å². The second kappa shape index (κ2) is 5.55. The maximum Gasteiger partial charge on any atom is 0.268 e. The van der Waals surface area contributed by atoms with Crippen LogP contribution in [-0.4, -0.2) is 17.4 Å². The van der Waals surface area contributed by atoms with E-state index in [1.165, 1.54) is 16.9 Å². The molecule has 0 N–H and O–H groups in total. The molecule has 0 radical (unpaired) electrons. The van der Waals surface area contributed by atoms with Crippen molar-refractivity contribution in [3.63, 3.8) is 0 Å². The van der Waals surface area contributed by atoms with Crippen LogP contribution in [0.1, 0.15) is 15.2 Å². The van der Waals surface area contributed by atoms with Crippen molar-refractivity contribution in [3.8, 4) is 0 Å². The van der Waals surface area contributed by atoms with E-state index in [-0.39, 0.29) is 5.91 Å². The lowest BCUT2D eigenvalue weighted by molar-refractivity contribution is 0.0993. The summed E-state index contributed by atoms with van der Waals surface area (Å²) in [5.41, 5.74) is 3.09. The summed E-state index contributed by atoms with van der Waals surface area (Å²) < 4.78 is 1.02. The summed E-state index contributed by atoms with van der Waals surface area (Å²) >= 11 is 7.86. The Balaban J connectivity index is 1.65. The van der Waals surface area contributed by atoms with Gasteiger partial charge in [-0.3, -0.25) is 4.79 Å². The minimum atomic E-state index is 0.0336. The highest BCUT2D eigenvalue weighted by molar-refractivity contribution is 7.22. The molecule has 0 bridgehead atoms. The van der Waals surface area contributed by atoms with Crippen LogP contribution in [0.2, 0.25) is 5.15 Å². The number of aromatic nitrogens is 1. The van der Waals surface area contributed by atoms with Crippen LogP contribution in [0.3, 0.4) is 0 Å². The Morgan fingerprint density at radius 3 is 2.80 bits per heavy atom. The first-order valence-electron chi connectivity index (χ1n) is 8.10. The number of carbonyl (C=O) groups excluding carboxylic acids is 1. The Hall–Kier alpha value is -2.43. The summed E-state index contributed by atoms with van der Waals surface area (Å²) in [6, 6.07) is 17.9. The fourth-order valence-corrected chi connectivity index (χ4v) is 4.90. The van der Waals surface area contributed by atoms with E-state index in [2.05, 4.69) is 11.1 Å². The molecule has 0 saturated carbocycles. The molecule has 0 fully saturated rings. The van der Waals surface area contributed by atoms with Crippen LogP contribution in [0.4, 0.5) is 5.69 Å². The van der Waals surface area contributed by atoms with Gasteiger partial charge in [0.25, 0.3) is 5.91 Å². The predicted molar refractivity (Wildman–Crippen MR) is 104 cm³/mol. The molecule has 0 spiro atoms. The van der Waals surface area contributed by atoms with Crippen LogP contribution in [-0.2, 0) is 6.42 Å². The molecule has 25 heavy (non-hydrogen) atoms. The monoisotopic (exact) mass is 364 g/mol. The minimum absolute atomic E-state index is 0.0336. The Bertz CT molecular complexity index is 1150. The molecular weight excluding hydrogens is 352 g/mol. The smallest absolute Gasteiger partial charge is 0.268 e. The third-order valence-corrected chi connectivity index (χ3v) is 6.11. The molecule has 122 valence electrons. The number of halogens is 1. The molecule has 2 aromatic carbocycles. The van der Waals surface area contributed by atoms with Crippen LogP contribution in [0.5, 0.6) is 0 Å². The van der Waals surface area contributed by atoms with Crippen LogP contribution in [0.15, 0.2) is 54.6 Å². The quantitative estimate of drug-likeness (QED) is 0.429. The molecule has 0 atom stereocenters. The number of thiophene rings is 1. The Kier molecular flexibility index (Phi) is 3.30. The normalized spacial score (nSPS) is 13.6. The summed E-state index contributed by atoms with van der Waals surface area (Å²) in [6.45, 7) is 0.721. The molecule has 3 heterocycles. The van der Waals surface area contributed by atoms with Gasteiger partial charge in [0.05, 0.1) is 10.4 Å². The van der Waals surface area contributed by atoms with Crippen molar-refractivity contribution in [1.29, 1.82) is 0 Å². The fraction of sp³-hybridized carbons (Fsp3) is 0.100. The second-order valence-electron chi connectivity index (χ2n) is 6.11. The third kappa shape index (κ3) is 2.25. The number of carbonyl (C=O) groups is 1. The first kappa shape index (κ1) is 14.9. The van der Waals surface area contributed by atoms with Gasteiger partial charge >= 0.3 is 0 Å². The number of rotatable bonds is 1. The van der Waals surface area contributed by atoms with Gasteiger partial charge in [-0.15, -0.1) is 11.3 Å². The van der Waals surface area contributed by atoms with E-state index in [9.17, 15) is 4.79 Å². The van der Waals surface area contributed by atoms with Gasteiger partial charge in [-0.05, 0) is 30.2 Å². The molecule has 2 aromatic heterocycles. The number of fused-ring (bicyclic) bond motifs is 4. The highest BCUT2D eigenvalue weighted by atomic mass is 35.5. The largest absolute Gasteiger partial charge is 0.307 e. The van der Waals surface area contributed by atoms with Gasteiger partial charge in [-0.2, -0.15) is 0 Å². The van der Waals surface area contributed by atoms with Crippen molar-refractivity contribution in [1.82, 2.24) is 4.98 Å². The fourth-order valence-electron chi connectivity index (χ4n) is 3.46. The molecule has 0 saturated heterocycles. The molecule has 0 aliphatic carbocycles. The number of pyridine rings is 1. The number of benzene rings is 2. The van der Waals surface area contributed by atoms with E-state index in [4.69, 9.17) is 11.6 Å². The average Bonchev–Trinajstić information content (AvgIpc) is 3.26. The van der Waals surface area contributed by atoms with E-state index >= 15 is 0 Å². The molecule has 5 rings (SSSR count). The average molecular weight is 365 g/mol. The first-order valence-corrected chi connectivity index (χ1v) is 9.29. The first-order chi connectivity index (χ1) is 12.2. The number of hydrogen-bond donors (Lipinski definition) is 0. The topological polar surface area (TPSA) is 33.2 Å². The summed E-state index contributed by atoms with van der Waals surface area (Å²) in [5.74, 6) is 0.0336. The third-order valence-electron chi connectivity index (χ3n) is 4.66. The minimum Gasteiger partial charge on any atom is -0.307 e. The zero-order chi connectivity index (χ0) is 17.0. The molecule has 1 aliphatic rings. The number of para-hydroxylation sites is 2. The zero-order valence-corrected chi connectivity index (χ0v) is 14.8. The maximum absolute atomic E-state index is 13.1. The standard InChI is InChI=1S/C20H13ClN2OS/c21-19-14-11-17(25-18(14)13-6-2-3-7-15(13)22-19)20(24)23-10-9-12-5-1-4-8-16(12)23/h1-8,11H,9-10H2.